The lowest BCUT2D eigenvalue weighted by Gasteiger charge is -2.57. The van der Waals surface area contributed by atoms with Gasteiger partial charge in [0, 0.05) is 7.56 Å². The second-order valence-electron chi connectivity index (χ2n) is 14.0. The van der Waals surface area contributed by atoms with Gasteiger partial charge in [0.25, 0.3) is 10.0 Å². The first-order chi connectivity index (χ1) is 20.3. The lowest BCUT2D eigenvalue weighted by Crippen LogP contribution is -2.65. The van der Waals surface area contributed by atoms with E-state index in [1.54, 1.807) is 24.3 Å². The van der Waals surface area contributed by atoms with E-state index in [0.29, 0.717) is 29.7 Å². The predicted molar refractivity (Wildman–Crippen MR) is 173 cm³/mol. The molecule has 0 heterocycles. The van der Waals surface area contributed by atoms with Crippen LogP contribution in [0.1, 0.15) is 61.2 Å². The normalized spacial score (nSPS) is 28.6. The summed E-state index contributed by atoms with van der Waals surface area (Å²) in [4.78, 5) is 0.0840. The number of rotatable bonds is 8. The number of aryl methyl sites for hydroxylation is 1. The minimum atomic E-state index is -4.15. The largest absolute Gasteiger partial charge is 0.281 e. The van der Waals surface area contributed by atoms with Gasteiger partial charge in [-0.2, -0.15) is 12.8 Å². The highest BCUT2D eigenvalue weighted by Crippen LogP contribution is 2.59. The molecule has 1 atom stereocenters. The second-order valence-corrected chi connectivity index (χ2v) is 20.5. The highest BCUT2D eigenvalue weighted by atomic mass is 32.2. The van der Waals surface area contributed by atoms with Crippen LogP contribution in [0.4, 0.5) is 0 Å². The summed E-state index contributed by atoms with van der Waals surface area (Å²) >= 11 is 0. The summed E-state index contributed by atoms with van der Waals surface area (Å²) in [7, 11) is -6.98. The smallest absolute Gasteiger partial charge is 0.199 e. The van der Waals surface area contributed by atoms with E-state index in [1.807, 2.05) is 19.1 Å². The van der Waals surface area contributed by atoms with Gasteiger partial charge in [0.15, 0.2) is 0 Å². The lowest BCUT2D eigenvalue weighted by molar-refractivity contribution is -0.0471. The van der Waals surface area contributed by atoms with Crippen LogP contribution in [0.25, 0.3) is 0 Å². The highest BCUT2D eigenvalue weighted by Gasteiger charge is 2.54. The van der Waals surface area contributed by atoms with Gasteiger partial charge >= 0.3 is 0 Å². The molecule has 0 aromatic heterocycles. The average Bonchev–Trinajstić information content (AvgIpc) is 2.95. The van der Waals surface area contributed by atoms with Crippen molar-refractivity contribution in [1.29, 1.82) is 0 Å². The number of hydrogen-bond acceptors (Lipinski definition) is 2. The van der Waals surface area contributed by atoms with Crippen LogP contribution in [0.5, 0.6) is 0 Å². The van der Waals surface area contributed by atoms with E-state index in [-0.39, 0.29) is 22.0 Å². The van der Waals surface area contributed by atoms with Crippen molar-refractivity contribution in [2.75, 3.05) is 0 Å². The highest BCUT2D eigenvalue weighted by molar-refractivity contribution is 7.90. The molecule has 3 aromatic carbocycles. The van der Waals surface area contributed by atoms with E-state index in [9.17, 15) is 11.2 Å². The van der Waals surface area contributed by atoms with Crippen LogP contribution < -0.4 is 10.4 Å². The van der Waals surface area contributed by atoms with Gasteiger partial charge in [-0.25, -0.2) is 0 Å². The molecule has 0 amide bonds. The minimum absolute atomic E-state index is 0.0774. The fourth-order valence-corrected chi connectivity index (χ4v) is 15.1. The van der Waals surface area contributed by atoms with E-state index in [1.165, 1.54) is 16.8 Å². The summed E-state index contributed by atoms with van der Waals surface area (Å²) < 4.78 is 51.8. The predicted octanol–water partition coefficient (Wildman–Crippen LogP) is 7.51. The van der Waals surface area contributed by atoms with Gasteiger partial charge in [0.2, 0.25) is 0 Å². The van der Waals surface area contributed by atoms with Crippen LogP contribution in [-0.2, 0) is 10.0 Å². The zero-order valence-electron chi connectivity index (χ0n) is 26.9. The molecule has 0 radical (unpaired) electrons. The molecule has 4 bridgehead atoms. The third kappa shape index (κ3) is 5.40. The summed E-state index contributed by atoms with van der Waals surface area (Å²) in [6, 6.07) is 28.3. The maximum atomic E-state index is 13.7. The molecule has 7 rings (SSSR count). The molecule has 4 fully saturated rings. The van der Waals surface area contributed by atoms with Crippen LogP contribution in [0.15, 0.2) is 94.2 Å². The molecule has 0 aliphatic heterocycles. The summed E-state index contributed by atoms with van der Waals surface area (Å²) in [5.41, 5.74) is 0.962. The van der Waals surface area contributed by atoms with Crippen LogP contribution in [0.2, 0.25) is 11.1 Å². The van der Waals surface area contributed by atoms with E-state index in [4.69, 9.17) is 0 Å². The molecule has 0 spiro atoms. The maximum absolute atomic E-state index is 13.7. The van der Waals surface area contributed by atoms with Crippen LogP contribution in [0.3, 0.4) is 0 Å². The second kappa shape index (κ2) is 11.0. The van der Waals surface area contributed by atoms with Crippen molar-refractivity contribution in [2.45, 2.75) is 75.8 Å². The Labute approximate surface area is 251 Å². The quantitative estimate of drug-likeness (QED) is 0.203. The SMILES string of the molecule is [2H]/C(=N\S(=O)(=O)c1ccc(C)cc1)C([2H])(C[Si](c1ccccc1)(c1ccccc1)C(C)(C)C)C1C2CC3CC(C2)CC1C3. The standard InChI is InChI=1S/C36H45NO2SSi/c1-26-15-17-32(18-16-26)40(38,39)37-24-31(35-29-20-27-19-28(22-29)23-30(35)21-27)25-41(36(2,3)4,33-11-7-5-8-12-33)34-13-9-6-10-14-34/h5-18,24,27-31,35H,19-23,25H2,1-4H3/b37-24+/i24D,31D. The number of nitrogens with zero attached hydrogens (tertiary/aromatic N) is 1. The van der Waals surface area contributed by atoms with Crippen molar-refractivity contribution >= 4 is 34.7 Å². The minimum Gasteiger partial charge on any atom is -0.199 e. The zero-order valence-corrected chi connectivity index (χ0v) is 26.7. The molecule has 4 saturated carbocycles. The number of benzene rings is 3. The van der Waals surface area contributed by atoms with Crippen molar-refractivity contribution in [1.82, 2.24) is 0 Å². The molecule has 41 heavy (non-hydrogen) atoms. The molecule has 4 aliphatic rings. The Morgan fingerprint density at radius 2 is 1.34 bits per heavy atom. The fraction of sp³-hybridized carbons (Fsp3) is 0.472. The molecule has 0 N–H and O–H groups in total. The first kappa shape index (κ1) is 26.1. The molecule has 4 aliphatic carbocycles. The topological polar surface area (TPSA) is 46.5 Å². The monoisotopic (exact) mass is 585 g/mol. The van der Waals surface area contributed by atoms with Crippen molar-refractivity contribution in [2.24, 2.45) is 39.9 Å². The number of sulfonamides is 1. The van der Waals surface area contributed by atoms with Crippen molar-refractivity contribution < 1.29 is 11.2 Å². The van der Waals surface area contributed by atoms with Crippen molar-refractivity contribution in [3.05, 3.63) is 90.5 Å². The summed E-state index contributed by atoms with van der Waals surface area (Å²) in [6.07, 6.45) is 5.39. The summed E-state index contributed by atoms with van der Waals surface area (Å²) in [5.74, 6) is 0.572. The van der Waals surface area contributed by atoms with E-state index in [2.05, 4.69) is 73.7 Å². The Morgan fingerprint density at radius 1 is 0.854 bits per heavy atom. The van der Waals surface area contributed by atoms with Gasteiger partial charge in [0.1, 0.15) is 8.07 Å². The summed E-state index contributed by atoms with van der Waals surface area (Å²) in [6.45, 7) is 8.75. The van der Waals surface area contributed by atoms with Crippen LogP contribution in [0, 0.1) is 42.4 Å². The van der Waals surface area contributed by atoms with Gasteiger partial charge in [0.05, 0.1) is 6.27 Å². The van der Waals surface area contributed by atoms with Gasteiger partial charge < -0.3 is 0 Å². The van der Waals surface area contributed by atoms with Crippen molar-refractivity contribution in [3.8, 4) is 0 Å². The Hall–Kier alpha value is -2.50. The third-order valence-electron chi connectivity index (χ3n) is 10.5. The van der Waals surface area contributed by atoms with Crippen molar-refractivity contribution in [3.63, 3.8) is 0 Å². The molecular weight excluding hydrogens is 539 g/mol. The molecule has 3 nitrogen and oxygen atoms in total. The molecule has 0 saturated heterocycles. The first-order valence-corrected chi connectivity index (χ1v) is 19.0. The van der Waals surface area contributed by atoms with E-state index in [0.717, 1.165) is 31.2 Å². The first-order valence-electron chi connectivity index (χ1n) is 16.3. The summed E-state index contributed by atoms with van der Waals surface area (Å²) in [5, 5.41) is 2.23. The van der Waals surface area contributed by atoms with Gasteiger partial charge in [-0.05, 0) is 97.7 Å². The van der Waals surface area contributed by atoms with Gasteiger partial charge in [-0.15, -0.1) is 0 Å². The Kier molecular flexibility index (Phi) is 6.99. The molecule has 1 unspecified atom stereocenters. The third-order valence-corrected chi connectivity index (χ3v) is 17.8. The van der Waals surface area contributed by atoms with Crippen LogP contribution >= 0.6 is 0 Å². The lowest BCUT2D eigenvalue weighted by atomic mass is 9.50. The molecule has 5 heteroatoms. The fourth-order valence-electron chi connectivity index (χ4n) is 8.84. The maximum Gasteiger partial charge on any atom is 0.281 e. The molecule has 216 valence electrons. The molecule has 3 aromatic rings. The van der Waals surface area contributed by atoms with Crippen LogP contribution in [-0.4, -0.2) is 22.7 Å². The average molecular weight is 586 g/mol. The molecular formula is C36H45NO2SSi. The number of hydrogen-bond donors (Lipinski definition) is 0. The van der Waals surface area contributed by atoms with E-state index >= 15 is 0 Å². The Morgan fingerprint density at radius 3 is 1.80 bits per heavy atom. The van der Waals surface area contributed by atoms with Gasteiger partial charge in [-0.1, -0.05) is 110 Å². The van der Waals surface area contributed by atoms with E-state index < -0.39 is 24.0 Å². The Balaban J connectivity index is 1.56. The zero-order chi connectivity index (χ0) is 30.6. The Bertz CT molecular complexity index is 1520. The van der Waals surface area contributed by atoms with Gasteiger partial charge in [-0.3, -0.25) is 0 Å².